The normalized spacial score (nSPS) is 24.1. The molecule has 4 rings (SSSR count). The van der Waals surface area contributed by atoms with Crippen LogP contribution in [-0.2, 0) is 11.3 Å². The summed E-state index contributed by atoms with van der Waals surface area (Å²) in [4.78, 5) is 22.0. The maximum atomic E-state index is 12.8. The fourth-order valence-corrected chi connectivity index (χ4v) is 4.98. The first-order valence-electron chi connectivity index (χ1n) is 9.95. The van der Waals surface area contributed by atoms with Crippen molar-refractivity contribution in [2.45, 2.75) is 38.3 Å². The van der Waals surface area contributed by atoms with Gasteiger partial charge in [-0.05, 0) is 19.3 Å². The van der Waals surface area contributed by atoms with Gasteiger partial charge in [0.25, 0.3) is 0 Å². The van der Waals surface area contributed by atoms with E-state index in [1.807, 2.05) is 18.2 Å². The molecule has 0 spiro atoms. The molecule has 1 aliphatic heterocycles. The number of aromatic nitrogens is 1. The van der Waals surface area contributed by atoms with Crippen molar-refractivity contribution in [3.8, 4) is 10.6 Å². The van der Waals surface area contributed by atoms with E-state index in [1.54, 1.807) is 11.3 Å². The summed E-state index contributed by atoms with van der Waals surface area (Å²) in [6.45, 7) is 4.34. The van der Waals surface area contributed by atoms with Gasteiger partial charge in [-0.3, -0.25) is 9.69 Å². The van der Waals surface area contributed by atoms with Gasteiger partial charge in [-0.2, -0.15) is 0 Å². The molecule has 1 saturated heterocycles. The number of thiazole rings is 1. The van der Waals surface area contributed by atoms with Gasteiger partial charge in [0.05, 0.1) is 5.69 Å². The van der Waals surface area contributed by atoms with E-state index >= 15 is 0 Å². The van der Waals surface area contributed by atoms with Gasteiger partial charge in [-0.25, -0.2) is 4.98 Å². The van der Waals surface area contributed by atoms with Gasteiger partial charge in [0.2, 0.25) is 5.91 Å². The van der Waals surface area contributed by atoms with E-state index in [4.69, 9.17) is 10.7 Å². The molecule has 1 aromatic heterocycles. The van der Waals surface area contributed by atoms with E-state index in [0.29, 0.717) is 5.91 Å². The van der Waals surface area contributed by atoms with Crippen molar-refractivity contribution in [1.29, 1.82) is 0 Å². The summed E-state index contributed by atoms with van der Waals surface area (Å²) >= 11 is 1.70. The van der Waals surface area contributed by atoms with Gasteiger partial charge in [-0.15, -0.1) is 11.3 Å². The molecule has 2 aromatic rings. The van der Waals surface area contributed by atoms with E-state index < -0.39 is 0 Å². The van der Waals surface area contributed by atoms with E-state index in [9.17, 15) is 4.79 Å². The number of amides is 1. The second-order valence-corrected chi connectivity index (χ2v) is 8.59. The Morgan fingerprint density at radius 3 is 2.67 bits per heavy atom. The Kier molecular flexibility index (Phi) is 5.86. The Balaban J connectivity index is 1.28. The lowest BCUT2D eigenvalue weighted by Gasteiger charge is -2.37. The molecule has 0 radical (unpaired) electrons. The molecular weight excluding hydrogens is 356 g/mol. The molecule has 2 fully saturated rings. The Hall–Kier alpha value is -1.76. The molecule has 2 heterocycles. The molecular formula is C21H28N4OS. The summed E-state index contributed by atoms with van der Waals surface area (Å²) in [5.41, 5.74) is 8.36. The number of nitrogens with two attached hydrogens (primary N) is 1. The number of hydrogen-bond acceptors (Lipinski definition) is 5. The van der Waals surface area contributed by atoms with Crippen molar-refractivity contribution in [2.24, 2.45) is 11.7 Å². The quantitative estimate of drug-likeness (QED) is 0.880. The van der Waals surface area contributed by atoms with Crippen molar-refractivity contribution in [1.82, 2.24) is 14.8 Å². The Bertz CT molecular complexity index is 755. The Morgan fingerprint density at radius 1 is 1.15 bits per heavy atom. The highest BCUT2D eigenvalue weighted by Gasteiger charge is 2.30. The zero-order valence-corrected chi connectivity index (χ0v) is 16.5. The molecule has 2 unspecified atom stereocenters. The summed E-state index contributed by atoms with van der Waals surface area (Å²) in [5.74, 6) is 0.470. The third-order valence-electron chi connectivity index (χ3n) is 5.71. The molecule has 1 aliphatic carbocycles. The van der Waals surface area contributed by atoms with Crippen LogP contribution in [0.15, 0.2) is 35.7 Å². The molecule has 144 valence electrons. The lowest BCUT2D eigenvalue weighted by molar-refractivity contribution is -0.138. The van der Waals surface area contributed by atoms with Crippen LogP contribution < -0.4 is 5.73 Å². The highest BCUT2D eigenvalue weighted by atomic mass is 32.1. The summed E-state index contributed by atoms with van der Waals surface area (Å²) in [6, 6.07) is 10.5. The maximum Gasteiger partial charge on any atom is 0.225 e. The molecule has 1 amide bonds. The van der Waals surface area contributed by atoms with Gasteiger partial charge in [0.15, 0.2) is 0 Å². The first kappa shape index (κ1) is 18.6. The minimum atomic E-state index is 0.146. The van der Waals surface area contributed by atoms with Crippen LogP contribution in [0.3, 0.4) is 0 Å². The van der Waals surface area contributed by atoms with Crippen molar-refractivity contribution >= 4 is 17.2 Å². The third kappa shape index (κ3) is 4.57. The summed E-state index contributed by atoms with van der Waals surface area (Å²) in [7, 11) is 0. The predicted octanol–water partition coefficient (Wildman–Crippen LogP) is 2.97. The van der Waals surface area contributed by atoms with Crippen molar-refractivity contribution in [2.75, 3.05) is 26.2 Å². The Morgan fingerprint density at radius 2 is 1.93 bits per heavy atom. The Labute approximate surface area is 165 Å². The number of carbonyl (C=O) groups is 1. The van der Waals surface area contributed by atoms with Gasteiger partial charge < -0.3 is 10.6 Å². The SMILES string of the molecule is NC1CCCC(C(=O)N2CCN(Cc3csc(-c4ccccc4)n3)CC2)C1. The van der Waals surface area contributed by atoms with Gasteiger partial charge in [0.1, 0.15) is 5.01 Å². The van der Waals surface area contributed by atoms with Crippen LogP contribution in [0.5, 0.6) is 0 Å². The molecule has 6 heteroatoms. The van der Waals surface area contributed by atoms with Crippen LogP contribution >= 0.6 is 11.3 Å². The highest BCUT2D eigenvalue weighted by molar-refractivity contribution is 7.13. The molecule has 2 N–H and O–H groups in total. The molecule has 1 saturated carbocycles. The average molecular weight is 385 g/mol. The number of rotatable bonds is 4. The third-order valence-corrected chi connectivity index (χ3v) is 6.65. The second kappa shape index (κ2) is 8.50. The molecule has 2 aliphatic rings. The smallest absolute Gasteiger partial charge is 0.225 e. The van der Waals surface area contributed by atoms with E-state index in [2.05, 4.69) is 27.3 Å². The summed E-state index contributed by atoms with van der Waals surface area (Å²) < 4.78 is 0. The second-order valence-electron chi connectivity index (χ2n) is 7.74. The summed E-state index contributed by atoms with van der Waals surface area (Å²) in [6.07, 6.45) is 4.02. The minimum Gasteiger partial charge on any atom is -0.340 e. The largest absolute Gasteiger partial charge is 0.340 e. The molecule has 1 aromatic carbocycles. The lowest BCUT2D eigenvalue weighted by Crippen LogP contribution is -2.51. The molecule has 5 nitrogen and oxygen atoms in total. The standard InChI is InChI=1S/C21H28N4OS/c22-18-8-4-7-17(13-18)21(26)25-11-9-24(10-12-25)14-19-15-27-20(23-19)16-5-2-1-3-6-16/h1-3,5-6,15,17-18H,4,7-14,22H2. The van der Waals surface area contributed by atoms with Crippen LogP contribution in [0.2, 0.25) is 0 Å². The first-order chi connectivity index (χ1) is 13.2. The van der Waals surface area contributed by atoms with Crippen LogP contribution in [0.25, 0.3) is 10.6 Å². The van der Waals surface area contributed by atoms with Crippen LogP contribution in [0.4, 0.5) is 0 Å². The van der Waals surface area contributed by atoms with Crippen molar-refractivity contribution in [3.63, 3.8) is 0 Å². The number of hydrogen-bond donors (Lipinski definition) is 1. The molecule has 2 atom stereocenters. The van der Waals surface area contributed by atoms with Crippen molar-refractivity contribution < 1.29 is 4.79 Å². The molecule has 0 bridgehead atoms. The van der Waals surface area contributed by atoms with Crippen LogP contribution in [0.1, 0.15) is 31.4 Å². The maximum absolute atomic E-state index is 12.8. The fourth-order valence-electron chi connectivity index (χ4n) is 4.16. The van der Waals surface area contributed by atoms with Crippen LogP contribution in [-0.4, -0.2) is 52.9 Å². The zero-order chi connectivity index (χ0) is 18.6. The van der Waals surface area contributed by atoms with Crippen LogP contribution in [0, 0.1) is 5.92 Å². The minimum absolute atomic E-state index is 0.146. The summed E-state index contributed by atoms with van der Waals surface area (Å²) in [5, 5.41) is 3.23. The predicted molar refractivity (Wildman–Crippen MR) is 109 cm³/mol. The fraction of sp³-hybridized carbons (Fsp3) is 0.524. The van der Waals surface area contributed by atoms with E-state index in [0.717, 1.165) is 69.1 Å². The topological polar surface area (TPSA) is 62.5 Å². The number of piperazine rings is 1. The van der Waals surface area contributed by atoms with E-state index in [1.165, 1.54) is 5.56 Å². The number of benzene rings is 1. The van der Waals surface area contributed by atoms with Gasteiger partial charge in [-0.1, -0.05) is 36.8 Å². The zero-order valence-electron chi connectivity index (χ0n) is 15.7. The van der Waals surface area contributed by atoms with E-state index in [-0.39, 0.29) is 12.0 Å². The number of nitrogens with zero attached hydrogens (tertiary/aromatic N) is 3. The highest BCUT2D eigenvalue weighted by Crippen LogP contribution is 2.26. The van der Waals surface area contributed by atoms with Gasteiger partial charge in [0, 0.05) is 55.6 Å². The lowest BCUT2D eigenvalue weighted by atomic mass is 9.85. The van der Waals surface area contributed by atoms with Gasteiger partial charge >= 0.3 is 0 Å². The molecule has 27 heavy (non-hydrogen) atoms. The van der Waals surface area contributed by atoms with Crippen molar-refractivity contribution in [3.05, 3.63) is 41.4 Å². The average Bonchev–Trinajstić information content (AvgIpc) is 3.17. The monoisotopic (exact) mass is 384 g/mol. The first-order valence-corrected chi connectivity index (χ1v) is 10.8. The number of carbonyl (C=O) groups excluding carboxylic acids is 1.